The number of benzene rings is 1. The van der Waals surface area contributed by atoms with Crippen LogP contribution in [0.2, 0.25) is 5.02 Å². The molecule has 1 aromatic carbocycles. The van der Waals surface area contributed by atoms with Crippen molar-refractivity contribution in [3.8, 4) is 17.0 Å². The maximum Gasteiger partial charge on any atom is 0.137 e. The maximum absolute atomic E-state index is 6.13. The Morgan fingerprint density at radius 2 is 2.17 bits per heavy atom. The number of rotatable bonds is 3. The molecule has 0 amide bonds. The predicted octanol–water partition coefficient (Wildman–Crippen LogP) is 2.52. The molecule has 96 valence electrons. The highest BCUT2D eigenvalue weighted by Crippen LogP contribution is 2.31. The van der Waals surface area contributed by atoms with Gasteiger partial charge in [-0.05, 0) is 25.1 Å². The normalized spacial score (nSPS) is 10.7. The Bertz CT molecular complexity index is 578. The first-order valence-electron chi connectivity index (χ1n) is 5.64. The van der Waals surface area contributed by atoms with Crippen molar-refractivity contribution >= 4 is 11.6 Å². The number of hydrogen-bond acceptors (Lipinski definition) is 3. The van der Waals surface area contributed by atoms with E-state index in [0.29, 0.717) is 17.3 Å². The highest BCUT2D eigenvalue weighted by Gasteiger charge is 2.14. The average Bonchev–Trinajstić information content (AvgIpc) is 2.65. The third kappa shape index (κ3) is 2.09. The van der Waals surface area contributed by atoms with Gasteiger partial charge < -0.3 is 15.0 Å². The predicted molar refractivity (Wildman–Crippen MR) is 72.8 cm³/mol. The molecule has 0 atom stereocenters. The summed E-state index contributed by atoms with van der Waals surface area (Å²) in [7, 11) is 3.55. The molecule has 1 aromatic heterocycles. The molecule has 4 nitrogen and oxygen atoms in total. The number of imidazole rings is 1. The van der Waals surface area contributed by atoms with E-state index in [1.54, 1.807) is 7.11 Å². The van der Waals surface area contributed by atoms with Gasteiger partial charge in [-0.3, -0.25) is 0 Å². The second kappa shape index (κ2) is 5.00. The fraction of sp³-hybridized carbons (Fsp3) is 0.308. The molecule has 2 N–H and O–H groups in total. The largest absolute Gasteiger partial charge is 0.495 e. The van der Waals surface area contributed by atoms with E-state index in [-0.39, 0.29) is 0 Å². The van der Waals surface area contributed by atoms with E-state index >= 15 is 0 Å². The summed E-state index contributed by atoms with van der Waals surface area (Å²) in [5, 5.41) is 0.571. The summed E-state index contributed by atoms with van der Waals surface area (Å²) < 4.78 is 7.13. The number of aromatic nitrogens is 2. The molecule has 18 heavy (non-hydrogen) atoms. The first-order valence-corrected chi connectivity index (χ1v) is 6.02. The van der Waals surface area contributed by atoms with Crippen molar-refractivity contribution in [2.24, 2.45) is 12.8 Å². The lowest BCUT2D eigenvalue weighted by molar-refractivity contribution is 0.415. The molecule has 0 radical (unpaired) electrons. The second-order valence-electron chi connectivity index (χ2n) is 4.07. The van der Waals surface area contributed by atoms with Crippen LogP contribution in [0.4, 0.5) is 0 Å². The quantitative estimate of drug-likeness (QED) is 0.928. The van der Waals surface area contributed by atoms with E-state index in [1.807, 2.05) is 36.7 Å². The number of halogens is 1. The van der Waals surface area contributed by atoms with Crippen LogP contribution in [0.5, 0.6) is 5.75 Å². The zero-order valence-electron chi connectivity index (χ0n) is 10.7. The topological polar surface area (TPSA) is 53.1 Å². The highest BCUT2D eigenvalue weighted by atomic mass is 35.5. The van der Waals surface area contributed by atoms with Gasteiger partial charge in [0.1, 0.15) is 11.6 Å². The molecule has 5 heteroatoms. The number of methoxy groups -OCH3 is 1. The Morgan fingerprint density at radius 1 is 1.44 bits per heavy atom. The Hall–Kier alpha value is -1.52. The summed E-state index contributed by atoms with van der Waals surface area (Å²) in [5.74, 6) is 1.58. The Morgan fingerprint density at radius 3 is 2.72 bits per heavy atom. The lowest BCUT2D eigenvalue weighted by atomic mass is 10.1. The monoisotopic (exact) mass is 265 g/mol. The van der Waals surface area contributed by atoms with Gasteiger partial charge >= 0.3 is 0 Å². The average molecular weight is 266 g/mol. The molecule has 0 unspecified atom stereocenters. The Kier molecular flexibility index (Phi) is 3.59. The lowest BCUT2D eigenvalue weighted by Crippen LogP contribution is -2.05. The summed E-state index contributed by atoms with van der Waals surface area (Å²) in [4.78, 5) is 4.53. The van der Waals surface area contributed by atoms with Gasteiger partial charge in [0.25, 0.3) is 0 Å². The van der Waals surface area contributed by atoms with Crippen LogP contribution in [-0.2, 0) is 13.6 Å². The fourth-order valence-electron chi connectivity index (χ4n) is 1.93. The molecule has 0 saturated carbocycles. The zero-order valence-corrected chi connectivity index (χ0v) is 11.5. The van der Waals surface area contributed by atoms with Crippen LogP contribution in [0.1, 0.15) is 11.5 Å². The number of nitrogens with two attached hydrogens (primary N) is 1. The lowest BCUT2D eigenvalue weighted by Gasteiger charge is -2.06. The van der Waals surface area contributed by atoms with E-state index in [4.69, 9.17) is 22.1 Å². The molecule has 0 aliphatic heterocycles. The maximum atomic E-state index is 6.13. The van der Waals surface area contributed by atoms with Crippen molar-refractivity contribution in [2.75, 3.05) is 7.11 Å². The van der Waals surface area contributed by atoms with Crippen molar-refractivity contribution < 1.29 is 4.74 Å². The first kappa shape index (κ1) is 12.9. The third-order valence-corrected chi connectivity index (χ3v) is 3.35. The van der Waals surface area contributed by atoms with Crippen molar-refractivity contribution in [3.63, 3.8) is 0 Å². The summed E-state index contributed by atoms with van der Waals surface area (Å²) in [5.41, 5.74) is 8.60. The highest BCUT2D eigenvalue weighted by molar-refractivity contribution is 6.32. The standard InChI is InChI=1S/C13H16ClN3O/c1-8-16-13(11(7-15)17(8)2)9-4-5-12(18-3)10(14)6-9/h4-6H,7,15H2,1-3H3. The molecule has 2 aromatic rings. The summed E-state index contributed by atoms with van der Waals surface area (Å²) in [6.45, 7) is 2.39. The van der Waals surface area contributed by atoms with E-state index in [1.165, 1.54) is 0 Å². The minimum atomic E-state index is 0.441. The van der Waals surface area contributed by atoms with Crippen LogP contribution in [0.3, 0.4) is 0 Å². The SMILES string of the molecule is COc1ccc(-c2nc(C)n(C)c2CN)cc1Cl. The minimum absolute atomic E-state index is 0.441. The van der Waals surface area contributed by atoms with E-state index in [0.717, 1.165) is 22.8 Å². The van der Waals surface area contributed by atoms with Crippen molar-refractivity contribution in [3.05, 3.63) is 34.7 Å². The molecule has 0 spiro atoms. The summed E-state index contributed by atoms with van der Waals surface area (Å²) in [6, 6.07) is 5.62. The van der Waals surface area contributed by atoms with Gasteiger partial charge in [0.05, 0.1) is 23.5 Å². The van der Waals surface area contributed by atoms with Crippen LogP contribution < -0.4 is 10.5 Å². The molecular weight excluding hydrogens is 250 g/mol. The van der Waals surface area contributed by atoms with Crippen LogP contribution >= 0.6 is 11.6 Å². The second-order valence-corrected chi connectivity index (χ2v) is 4.47. The van der Waals surface area contributed by atoms with Crippen LogP contribution in [0.25, 0.3) is 11.3 Å². The van der Waals surface area contributed by atoms with E-state index < -0.39 is 0 Å². The fourth-order valence-corrected chi connectivity index (χ4v) is 2.19. The van der Waals surface area contributed by atoms with Gasteiger partial charge in [0, 0.05) is 19.2 Å². The molecule has 0 bridgehead atoms. The zero-order chi connectivity index (χ0) is 13.3. The summed E-state index contributed by atoms with van der Waals surface area (Å²) >= 11 is 6.13. The van der Waals surface area contributed by atoms with E-state index in [2.05, 4.69) is 4.98 Å². The molecule has 0 fully saturated rings. The molecule has 2 rings (SSSR count). The molecule has 1 heterocycles. The van der Waals surface area contributed by atoms with Gasteiger partial charge in [0.15, 0.2) is 0 Å². The molecule has 0 aliphatic carbocycles. The van der Waals surface area contributed by atoms with E-state index in [9.17, 15) is 0 Å². The number of aryl methyl sites for hydroxylation is 1. The number of nitrogens with zero attached hydrogens (tertiary/aromatic N) is 2. The number of hydrogen-bond donors (Lipinski definition) is 1. The Labute approximate surface area is 111 Å². The van der Waals surface area contributed by atoms with Gasteiger partial charge in [-0.15, -0.1) is 0 Å². The van der Waals surface area contributed by atoms with Crippen molar-refractivity contribution in [2.45, 2.75) is 13.5 Å². The van der Waals surface area contributed by atoms with Crippen molar-refractivity contribution in [1.82, 2.24) is 9.55 Å². The van der Waals surface area contributed by atoms with Crippen LogP contribution in [0.15, 0.2) is 18.2 Å². The van der Waals surface area contributed by atoms with Crippen LogP contribution in [-0.4, -0.2) is 16.7 Å². The van der Waals surface area contributed by atoms with Crippen LogP contribution in [0, 0.1) is 6.92 Å². The van der Waals surface area contributed by atoms with Gasteiger partial charge in [-0.1, -0.05) is 11.6 Å². The molecule has 0 saturated heterocycles. The van der Waals surface area contributed by atoms with Crippen molar-refractivity contribution in [1.29, 1.82) is 0 Å². The minimum Gasteiger partial charge on any atom is -0.495 e. The first-order chi connectivity index (χ1) is 8.58. The Balaban J connectivity index is 2.55. The third-order valence-electron chi connectivity index (χ3n) is 3.06. The smallest absolute Gasteiger partial charge is 0.137 e. The van der Waals surface area contributed by atoms with Gasteiger partial charge in [0.2, 0.25) is 0 Å². The molecule has 0 aliphatic rings. The number of ether oxygens (including phenoxy) is 1. The molecular formula is C13H16ClN3O. The van der Waals surface area contributed by atoms with Gasteiger partial charge in [-0.2, -0.15) is 0 Å². The van der Waals surface area contributed by atoms with Gasteiger partial charge in [-0.25, -0.2) is 4.98 Å². The summed E-state index contributed by atoms with van der Waals surface area (Å²) in [6.07, 6.45) is 0.